The van der Waals surface area contributed by atoms with Crippen molar-refractivity contribution < 1.29 is 15.1 Å². The van der Waals surface area contributed by atoms with E-state index in [-0.39, 0.29) is 13.0 Å². The van der Waals surface area contributed by atoms with Gasteiger partial charge in [0.25, 0.3) is 0 Å². The monoisotopic (exact) mass is 343 g/mol. The highest BCUT2D eigenvalue weighted by Gasteiger charge is 2.17. The summed E-state index contributed by atoms with van der Waals surface area (Å²) in [5.41, 5.74) is 4.52. The Labute approximate surface area is 145 Å². The maximum Gasteiger partial charge on any atom is 0.247 e. The molecular formula is C17H21N5O3. The average Bonchev–Trinajstić information content (AvgIpc) is 3.22. The summed E-state index contributed by atoms with van der Waals surface area (Å²) in [6.07, 6.45) is 2.40. The molecule has 0 radical (unpaired) electrons. The van der Waals surface area contributed by atoms with E-state index in [4.69, 9.17) is 10.3 Å². The third kappa shape index (κ3) is 4.04. The van der Waals surface area contributed by atoms with Gasteiger partial charge in [0.1, 0.15) is 0 Å². The molecule has 0 bridgehead atoms. The second-order valence-corrected chi connectivity index (χ2v) is 5.87. The van der Waals surface area contributed by atoms with Crippen LogP contribution in [0.15, 0.2) is 52.4 Å². The molecule has 3 rings (SSSR count). The molecule has 0 unspecified atom stereocenters. The van der Waals surface area contributed by atoms with E-state index in [1.165, 1.54) is 0 Å². The predicted octanol–water partition coefficient (Wildman–Crippen LogP) is 1.99. The Morgan fingerprint density at radius 3 is 3.00 bits per heavy atom. The Hall–Kier alpha value is -2.71. The lowest BCUT2D eigenvalue weighted by atomic mass is 10.2. The van der Waals surface area contributed by atoms with Crippen LogP contribution in [0, 0.1) is 0 Å². The molecule has 0 saturated heterocycles. The fourth-order valence-corrected chi connectivity index (χ4v) is 2.90. The van der Waals surface area contributed by atoms with Gasteiger partial charge in [0, 0.05) is 30.8 Å². The third-order valence-corrected chi connectivity index (χ3v) is 4.07. The standard InChI is InChI=1S/C17H21N5O3/c23-9-3-8-22-15(10-13-4-1-2-5-16(13)22)12-21-11-14(18-20-21)6-7-17(24)19-25/h1-2,4-6,10,23,25H,3,7-9,11-12H2,(H,19,24)/b14-6-. The van der Waals surface area contributed by atoms with Gasteiger partial charge < -0.3 is 9.67 Å². The second kappa shape index (κ2) is 7.91. The Morgan fingerprint density at radius 2 is 2.20 bits per heavy atom. The van der Waals surface area contributed by atoms with Crippen LogP contribution in [-0.2, 0) is 17.9 Å². The predicted molar refractivity (Wildman–Crippen MR) is 91.5 cm³/mol. The largest absolute Gasteiger partial charge is 0.396 e. The van der Waals surface area contributed by atoms with Gasteiger partial charge in [-0.05, 0) is 30.0 Å². The number of aryl methyl sites for hydroxylation is 1. The Kier molecular flexibility index (Phi) is 5.42. The first-order valence-electron chi connectivity index (χ1n) is 8.18. The number of aliphatic hydroxyl groups excluding tert-OH is 1. The normalized spacial score (nSPS) is 15.4. The van der Waals surface area contributed by atoms with E-state index in [0.717, 1.165) is 23.1 Å². The molecule has 0 aliphatic carbocycles. The summed E-state index contributed by atoms with van der Waals surface area (Å²) in [5, 5.41) is 28.9. The number of nitrogens with one attached hydrogen (secondary N) is 1. The first-order chi connectivity index (χ1) is 12.2. The van der Waals surface area contributed by atoms with Crippen LogP contribution in [0.1, 0.15) is 18.5 Å². The van der Waals surface area contributed by atoms with Crippen LogP contribution in [0.5, 0.6) is 0 Å². The zero-order valence-corrected chi connectivity index (χ0v) is 13.8. The van der Waals surface area contributed by atoms with Crippen molar-refractivity contribution in [1.82, 2.24) is 15.1 Å². The molecule has 25 heavy (non-hydrogen) atoms. The van der Waals surface area contributed by atoms with E-state index in [0.29, 0.717) is 25.2 Å². The summed E-state index contributed by atoms with van der Waals surface area (Å²) in [6, 6.07) is 10.3. The average molecular weight is 343 g/mol. The summed E-state index contributed by atoms with van der Waals surface area (Å²) >= 11 is 0. The van der Waals surface area contributed by atoms with Gasteiger partial charge in [-0.15, -0.1) is 5.11 Å². The lowest BCUT2D eigenvalue weighted by Crippen LogP contribution is -2.19. The van der Waals surface area contributed by atoms with Crippen molar-refractivity contribution in [2.45, 2.75) is 25.9 Å². The number of nitrogens with zero attached hydrogens (tertiary/aromatic N) is 4. The molecule has 1 aromatic carbocycles. The van der Waals surface area contributed by atoms with E-state index in [1.54, 1.807) is 11.6 Å². The van der Waals surface area contributed by atoms with Crippen LogP contribution < -0.4 is 5.48 Å². The molecule has 8 heteroatoms. The number of fused-ring (bicyclic) bond motifs is 1. The van der Waals surface area contributed by atoms with E-state index in [9.17, 15) is 4.79 Å². The van der Waals surface area contributed by atoms with Gasteiger partial charge >= 0.3 is 0 Å². The number of hydrogen-bond acceptors (Lipinski definition) is 6. The van der Waals surface area contributed by atoms with Gasteiger partial charge in [0.2, 0.25) is 5.91 Å². The molecule has 0 atom stereocenters. The molecule has 0 saturated carbocycles. The summed E-state index contributed by atoms with van der Waals surface area (Å²) in [4.78, 5) is 11.1. The first-order valence-corrected chi connectivity index (χ1v) is 8.18. The van der Waals surface area contributed by atoms with Gasteiger partial charge in [-0.25, -0.2) is 5.48 Å². The van der Waals surface area contributed by atoms with Crippen LogP contribution in [-0.4, -0.2) is 38.9 Å². The van der Waals surface area contributed by atoms with Crippen LogP contribution in [0.3, 0.4) is 0 Å². The van der Waals surface area contributed by atoms with Gasteiger partial charge in [-0.3, -0.25) is 15.0 Å². The number of aliphatic hydroxyl groups is 1. The topological polar surface area (TPSA) is 102 Å². The molecule has 1 aliphatic rings. The second-order valence-electron chi connectivity index (χ2n) is 5.87. The zero-order chi connectivity index (χ0) is 17.6. The zero-order valence-electron chi connectivity index (χ0n) is 13.8. The molecule has 2 heterocycles. The molecule has 3 N–H and O–H groups in total. The highest BCUT2D eigenvalue weighted by molar-refractivity contribution is 5.81. The van der Waals surface area contributed by atoms with Crippen LogP contribution in [0.4, 0.5) is 0 Å². The summed E-state index contributed by atoms with van der Waals surface area (Å²) in [7, 11) is 0. The van der Waals surface area contributed by atoms with Crippen molar-refractivity contribution >= 4 is 16.8 Å². The Morgan fingerprint density at radius 1 is 1.36 bits per heavy atom. The van der Waals surface area contributed by atoms with Crippen molar-refractivity contribution in [1.29, 1.82) is 0 Å². The van der Waals surface area contributed by atoms with E-state index >= 15 is 0 Å². The van der Waals surface area contributed by atoms with E-state index in [1.807, 2.05) is 17.1 Å². The number of amides is 1. The molecule has 0 fully saturated rings. The van der Waals surface area contributed by atoms with E-state index < -0.39 is 5.91 Å². The Bertz CT molecular complexity index is 812. The minimum absolute atomic E-state index is 0.0649. The summed E-state index contributed by atoms with van der Waals surface area (Å²) in [6.45, 7) is 1.99. The molecular weight excluding hydrogens is 322 g/mol. The number of hydrogen-bond donors (Lipinski definition) is 3. The maximum absolute atomic E-state index is 11.1. The quantitative estimate of drug-likeness (QED) is 0.528. The molecule has 1 amide bonds. The van der Waals surface area contributed by atoms with Crippen LogP contribution in [0.2, 0.25) is 0 Å². The fraction of sp³-hybridized carbons (Fsp3) is 0.353. The van der Waals surface area contributed by atoms with Crippen molar-refractivity contribution in [3.05, 3.63) is 47.8 Å². The number of rotatable bonds is 7. The minimum atomic E-state index is -0.481. The van der Waals surface area contributed by atoms with E-state index in [2.05, 4.69) is 33.1 Å². The van der Waals surface area contributed by atoms with Crippen molar-refractivity contribution in [2.24, 2.45) is 10.3 Å². The number of carbonyl (C=O) groups excluding carboxylic acids is 1. The maximum atomic E-state index is 11.1. The van der Waals surface area contributed by atoms with Gasteiger partial charge in [-0.1, -0.05) is 23.4 Å². The minimum Gasteiger partial charge on any atom is -0.396 e. The molecule has 0 spiro atoms. The molecule has 1 aromatic heterocycles. The summed E-state index contributed by atoms with van der Waals surface area (Å²) in [5.74, 6) is -0.481. The van der Waals surface area contributed by atoms with Crippen molar-refractivity contribution in [3.63, 3.8) is 0 Å². The molecule has 1 aliphatic heterocycles. The van der Waals surface area contributed by atoms with Gasteiger partial charge in [-0.2, -0.15) is 0 Å². The van der Waals surface area contributed by atoms with Gasteiger partial charge in [0.05, 0.1) is 18.8 Å². The highest BCUT2D eigenvalue weighted by Crippen LogP contribution is 2.23. The fourth-order valence-electron chi connectivity index (χ4n) is 2.90. The summed E-state index contributed by atoms with van der Waals surface area (Å²) < 4.78 is 2.20. The lowest BCUT2D eigenvalue weighted by Gasteiger charge is -2.15. The highest BCUT2D eigenvalue weighted by atomic mass is 16.5. The third-order valence-electron chi connectivity index (χ3n) is 4.07. The smallest absolute Gasteiger partial charge is 0.247 e. The number of aromatic nitrogens is 1. The lowest BCUT2D eigenvalue weighted by molar-refractivity contribution is -0.128. The van der Waals surface area contributed by atoms with Crippen molar-refractivity contribution in [3.8, 4) is 0 Å². The number of carbonyl (C=O) groups is 1. The molecule has 8 nitrogen and oxygen atoms in total. The molecule has 132 valence electrons. The first kappa shape index (κ1) is 17.1. The SMILES string of the molecule is O=C(C/C=C1/CN(Cc2cc3ccccc3n2CCCO)N=N1)NO. The number of hydroxylamine groups is 1. The molecule has 2 aromatic rings. The number of para-hydroxylation sites is 1. The van der Waals surface area contributed by atoms with Crippen LogP contribution >= 0.6 is 0 Å². The number of benzene rings is 1. The van der Waals surface area contributed by atoms with Gasteiger partial charge in [0.15, 0.2) is 0 Å². The van der Waals surface area contributed by atoms with Crippen LogP contribution in [0.25, 0.3) is 10.9 Å². The van der Waals surface area contributed by atoms with Crippen molar-refractivity contribution in [2.75, 3.05) is 13.2 Å². The Balaban J connectivity index is 1.73.